The summed E-state index contributed by atoms with van der Waals surface area (Å²) in [7, 11) is 0. The first kappa shape index (κ1) is 27.5. The fourth-order valence-electron chi connectivity index (χ4n) is 5.37. The second-order valence-corrected chi connectivity index (χ2v) is 11.3. The number of halogens is 1. The molecule has 0 bridgehead atoms. The summed E-state index contributed by atoms with van der Waals surface area (Å²) in [6.07, 6.45) is 8.45. The largest absolute Gasteiger partial charge is 0.391 e. The maximum Gasteiger partial charge on any atom is 0.251 e. The van der Waals surface area contributed by atoms with Crippen LogP contribution >= 0.6 is 0 Å². The number of carbonyl (C=O) groups excluding carboxylic acids is 2. The molecule has 9 heteroatoms. The lowest BCUT2D eigenvalue weighted by molar-refractivity contribution is -0.128. The Balaban J connectivity index is 1.81. The molecule has 1 aliphatic heterocycles. The van der Waals surface area contributed by atoms with Gasteiger partial charge < -0.3 is 10.4 Å². The van der Waals surface area contributed by atoms with Crippen molar-refractivity contribution in [2.75, 3.05) is 11.4 Å². The monoisotopic (exact) mass is 521 g/mol. The molecule has 0 spiro atoms. The fourth-order valence-corrected chi connectivity index (χ4v) is 5.37. The Morgan fingerprint density at radius 3 is 2.47 bits per heavy atom. The molecule has 2 aromatic rings. The van der Waals surface area contributed by atoms with Crippen LogP contribution in [0.3, 0.4) is 0 Å². The molecule has 1 saturated heterocycles. The van der Waals surface area contributed by atoms with Gasteiger partial charge >= 0.3 is 0 Å². The Hall–Kier alpha value is -3.51. The van der Waals surface area contributed by atoms with E-state index in [1.807, 2.05) is 18.3 Å². The van der Waals surface area contributed by atoms with E-state index in [-0.39, 0.29) is 30.0 Å². The Morgan fingerprint density at radius 2 is 1.87 bits per heavy atom. The van der Waals surface area contributed by atoms with Crippen LogP contribution in [0.25, 0.3) is 0 Å². The molecule has 2 aliphatic rings. The maximum absolute atomic E-state index is 14.4. The number of benzene rings is 1. The third kappa shape index (κ3) is 6.13. The van der Waals surface area contributed by atoms with E-state index >= 15 is 0 Å². The number of anilines is 1. The molecular formula is C29H36FN5O3. The summed E-state index contributed by atoms with van der Waals surface area (Å²) in [5, 5.41) is 23.0. The van der Waals surface area contributed by atoms with Gasteiger partial charge in [-0.2, -0.15) is 5.26 Å². The van der Waals surface area contributed by atoms with E-state index in [0.717, 1.165) is 43.9 Å². The predicted octanol–water partition coefficient (Wildman–Crippen LogP) is 3.96. The zero-order valence-corrected chi connectivity index (χ0v) is 22.2. The summed E-state index contributed by atoms with van der Waals surface area (Å²) < 4.78 is 14.4. The van der Waals surface area contributed by atoms with Crippen LogP contribution in [0.4, 0.5) is 10.1 Å². The Labute approximate surface area is 223 Å². The average Bonchev–Trinajstić information content (AvgIpc) is 3.27. The van der Waals surface area contributed by atoms with Crippen LogP contribution in [0.2, 0.25) is 0 Å². The highest BCUT2D eigenvalue weighted by Gasteiger charge is 2.43. The predicted molar refractivity (Wildman–Crippen MR) is 141 cm³/mol. The summed E-state index contributed by atoms with van der Waals surface area (Å²) in [4.78, 5) is 34.6. The van der Waals surface area contributed by atoms with Gasteiger partial charge in [-0.15, -0.1) is 0 Å². The summed E-state index contributed by atoms with van der Waals surface area (Å²) in [6.45, 7) is 6.27. The number of amides is 2. The third-order valence-corrected chi connectivity index (χ3v) is 7.44. The quantitative estimate of drug-likeness (QED) is 0.557. The molecule has 2 amide bonds. The molecule has 2 fully saturated rings. The first-order valence-electron chi connectivity index (χ1n) is 13.3. The van der Waals surface area contributed by atoms with E-state index in [1.54, 1.807) is 12.1 Å². The van der Waals surface area contributed by atoms with Gasteiger partial charge in [0.1, 0.15) is 17.9 Å². The first-order valence-corrected chi connectivity index (χ1v) is 13.3. The number of rotatable bonds is 6. The van der Waals surface area contributed by atoms with Crippen molar-refractivity contribution in [2.24, 2.45) is 0 Å². The highest BCUT2D eigenvalue weighted by molar-refractivity contribution is 6.04. The molecule has 1 aliphatic carbocycles. The summed E-state index contributed by atoms with van der Waals surface area (Å²) in [5.41, 5.74) is 1.58. The van der Waals surface area contributed by atoms with Crippen LogP contribution < -0.4 is 10.2 Å². The summed E-state index contributed by atoms with van der Waals surface area (Å²) >= 11 is 0. The zero-order chi connectivity index (χ0) is 27.4. The van der Waals surface area contributed by atoms with Gasteiger partial charge in [0.05, 0.1) is 18.8 Å². The van der Waals surface area contributed by atoms with Gasteiger partial charge in [0.2, 0.25) is 5.91 Å². The van der Waals surface area contributed by atoms with E-state index in [1.165, 1.54) is 22.1 Å². The van der Waals surface area contributed by atoms with E-state index in [2.05, 4.69) is 31.1 Å². The van der Waals surface area contributed by atoms with Gasteiger partial charge in [0, 0.05) is 29.9 Å². The number of pyridine rings is 1. The van der Waals surface area contributed by atoms with Crippen molar-refractivity contribution < 1.29 is 19.1 Å². The molecule has 4 rings (SSSR count). The van der Waals surface area contributed by atoms with Crippen LogP contribution in [-0.4, -0.2) is 51.5 Å². The molecule has 0 radical (unpaired) electrons. The van der Waals surface area contributed by atoms with Crippen molar-refractivity contribution in [2.45, 2.75) is 88.9 Å². The van der Waals surface area contributed by atoms with Crippen LogP contribution in [0.5, 0.6) is 0 Å². The molecule has 3 unspecified atom stereocenters. The van der Waals surface area contributed by atoms with Gasteiger partial charge in [-0.1, -0.05) is 52.2 Å². The van der Waals surface area contributed by atoms with Gasteiger partial charge in [-0.05, 0) is 42.0 Å². The van der Waals surface area contributed by atoms with Gasteiger partial charge in [0.25, 0.3) is 5.91 Å². The van der Waals surface area contributed by atoms with E-state index in [0.29, 0.717) is 5.69 Å². The first-order chi connectivity index (χ1) is 18.1. The van der Waals surface area contributed by atoms with E-state index < -0.39 is 35.8 Å². The number of aliphatic hydroxyl groups excluding tert-OH is 1. The molecule has 8 nitrogen and oxygen atoms in total. The van der Waals surface area contributed by atoms with Gasteiger partial charge in [-0.25, -0.2) is 4.39 Å². The molecule has 1 aromatic heterocycles. The van der Waals surface area contributed by atoms with E-state index in [4.69, 9.17) is 0 Å². The Morgan fingerprint density at radius 1 is 1.18 bits per heavy atom. The minimum absolute atomic E-state index is 0.0319. The number of likely N-dealkylation sites (tertiary alicyclic amines) is 1. The number of hydrogen-bond donors (Lipinski definition) is 2. The number of nitriles is 1. The van der Waals surface area contributed by atoms with Gasteiger partial charge in [-0.3, -0.25) is 24.4 Å². The standard InChI is InChI=1S/C29H36FN5O3/c1-29(2,3)20-9-11-23(12-10-20)35(28(38)25-14-24(36)17-34(25)18-31)26(19-13-21(30)16-32-15-19)27(37)33-22-7-5-4-6-8-22/h9-13,15-16,22,24-26,36H,4-8,14,17H2,1-3H3,(H,33,37). The molecule has 202 valence electrons. The molecule has 3 atom stereocenters. The van der Waals surface area contributed by atoms with Gasteiger partial charge in [0.15, 0.2) is 6.19 Å². The number of aliphatic hydroxyl groups is 1. The minimum atomic E-state index is -1.22. The van der Waals surface area contributed by atoms with Crippen LogP contribution in [-0.2, 0) is 15.0 Å². The Bertz CT molecular complexity index is 1180. The van der Waals surface area contributed by atoms with Crippen molar-refractivity contribution in [1.29, 1.82) is 5.26 Å². The molecule has 38 heavy (non-hydrogen) atoms. The van der Waals surface area contributed by atoms with Crippen LogP contribution in [0, 0.1) is 17.3 Å². The smallest absolute Gasteiger partial charge is 0.251 e. The second-order valence-electron chi connectivity index (χ2n) is 11.3. The van der Waals surface area contributed by atoms with Crippen molar-refractivity contribution >= 4 is 17.5 Å². The Kier molecular flexibility index (Phi) is 8.32. The topological polar surface area (TPSA) is 110 Å². The average molecular weight is 522 g/mol. The minimum Gasteiger partial charge on any atom is -0.391 e. The normalized spacial score (nSPS) is 21.0. The molecular weight excluding hydrogens is 485 g/mol. The number of hydrogen-bond acceptors (Lipinski definition) is 6. The van der Waals surface area contributed by atoms with Crippen molar-refractivity contribution in [3.63, 3.8) is 0 Å². The fraction of sp³-hybridized carbons (Fsp3) is 0.517. The number of aromatic nitrogens is 1. The van der Waals surface area contributed by atoms with Crippen molar-refractivity contribution in [3.8, 4) is 6.19 Å². The highest BCUT2D eigenvalue weighted by atomic mass is 19.1. The SMILES string of the molecule is CC(C)(C)c1ccc(N(C(=O)C2CC(O)CN2C#N)C(C(=O)NC2CCCCC2)c2cncc(F)c2)cc1. The number of nitrogens with one attached hydrogen (secondary N) is 1. The van der Waals surface area contributed by atoms with Crippen molar-refractivity contribution in [3.05, 3.63) is 59.7 Å². The lowest BCUT2D eigenvalue weighted by Gasteiger charge is -2.35. The lowest BCUT2D eigenvalue weighted by Crippen LogP contribution is -2.51. The van der Waals surface area contributed by atoms with Crippen LogP contribution in [0.15, 0.2) is 42.7 Å². The highest BCUT2D eigenvalue weighted by Crippen LogP contribution is 2.34. The second kappa shape index (κ2) is 11.5. The number of carbonyl (C=O) groups is 2. The molecule has 1 aromatic carbocycles. The molecule has 1 saturated carbocycles. The third-order valence-electron chi connectivity index (χ3n) is 7.44. The van der Waals surface area contributed by atoms with E-state index in [9.17, 15) is 24.3 Å². The number of β-amino-alcohol motifs (C(OH)–C–C–N with tert-alkyl or cyclic N) is 1. The summed E-state index contributed by atoms with van der Waals surface area (Å²) in [5.74, 6) is -1.57. The maximum atomic E-state index is 14.4. The molecule has 2 N–H and O–H groups in total. The zero-order valence-electron chi connectivity index (χ0n) is 22.2. The summed E-state index contributed by atoms with van der Waals surface area (Å²) in [6, 6.07) is 6.36. The van der Waals surface area contributed by atoms with Crippen molar-refractivity contribution in [1.82, 2.24) is 15.2 Å². The van der Waals surface area contributed by atoms with Crippen LogP contribution in [0.1, 0.15) is 76.5 Å². The number of nitrogens with zero attached hydrogens (tertiary/aromatic N) is 4. The molecule has 2 heterocycles. The lowest BCUT2D eigenvalue weighted by atomic mass is 9.87.